The monoisotopic (exact) mass is 353 g/mol. The number of halogens is 2. The Balaban J connectivity index is 2.30. The van der Waals surface area contributed by atoms with Gasteiger partial charge in [0.05, 0.1) is 5.69 Å². The van der Waals surface area contributed by atoms with Crippen LogP contribution in [0.1, 0.15) is 36.8 Å². The number of benzene rings is 1. The molecule has 0 saturated carbocycles. The maximum Gasteiger partial charge on any atom is 0.123 e. The van der Waals surface area contributed by atoms with E-state index in [9.17, 15) is 4.39 Å². The quantitative estimate of drug-likeness (QED) is 0.856. The van der Waals surface area contributed by atoms with E-state index in [2.05, 4.69) is 46.3 Å². The fourth-order valence-electron chi connectivity index (χ4n) is 2.46. The summed E-state index contributed by atoms with van der Waals surface area (Å²) in [6.45, 7) is 4.98. The van der Waals surface area contributed by atoms with E-state index in [0.29, 0.717) is 0 Å². The van der Waals surface area contributed by atoms with Gasteiger partial charge in [-0.05, 0) is 42.8 Å². The lowest BCUT2D eigenvalue weighted by molar-refractivity contribution is 0.522. The van der Waals surface area contributed by atoms with Gasteiger partial charge in [0.25, 0.3) is 0 Å². The molecule has 0 spiro atoms. The van der Waals surface area contributed by atoms with Crippen LogP contribution in [-0.4, -0.2) is 16.3 Å². The summed E-state index contributed by atoms with van der Waals surface area (Å²) in [7, 11) is 1.96. The fourth-order valence-corrected chi connectivity index (χ4v) is 2.99. The van der Waals surface area contributed by atoms with Gasteiger partial charge in [0.1, 0.15) is 5.82 Å². The van der Waals surface area contributed by atoms with Crippen molar-refractivity contribution in [1.29, 1.82) is 0 Å². The average molecular weight is 354 g/mol. The van der Waals surface area contributed by atoms with Crippen LogP contribution in [0.5, 0.6) is 0 Å². The molecule has 0 aliphatic heterocycles. The minimum Gasteiger partial charge on any atom is -0.310 e. The molecule has 1 atom stereocenters. The molecule has 2 aromatic rings. The maximum atomic E-state index is 13.6. The van der Waals surface area contributed by atoms with Crippen molar-refractivity contribution >= 4 is 15.9 Å². The second-order valence-electron chi connectivity index (χ2n) is 5.08. The molecule has 0 aliphatic rings. The predicted octanol–water partition coefficient (Wildman–Crippen LogP) is 3.78. The third kappa shape index (κ3) is 3.92. The van der Waals surface area contributed by atoms with Gasteiger partial charge in [-0.15, -0.1) is 0 Å². The van der Waals surface area contributed by atoms with Crippen LogP contribution < -0.4 is 5.32 Å². The molecule has 2 rings (SSSR count). The van der Waals surface area contributed by atoms with Gasteiger partial charge < -0.3 is 5.32 Å². The van der Waals surface area contributed by atoms with E-state index in [1.165, 1.54) is 6.07 Å². The van der Waals surface area contributed by atoms with Gasteiger partial charge in [0.15, 0.2) is 0 Å². The van der Waals surface area contributed by atoms with Crippen LogP contribution in [0.3, 0.4) is 0 Å². The van der Waals surface area contributed by atoms with Crippen LogP contribution >= 0.6 is 15.9 Å². The zero-order valence-corrected chi connectivity index (χ0v) is 14.2. The molecular formula is C16H21BrFN3. The largest absolute Gasteiger partial charge is 0.310 e. The first kappa shape index (κ1) is 16.2. The number of hydrogen-bond donors (Lipinski definition) is 1. The van der Waals surface area contributed by atoms with Crippen LogP contribution in [0.25, 0.3) is 0 Å². The molecule has 0 amide bonds. The molecule has 1 aromatic carbocycles. The van der Waals surface area contributed by atoms with Crippen molar-refractivity contribution in [2.24, 2.45) is 7.05 Å². The third-order valence-electron chi connectivity index (χ3n) is 3.59. The van der Waals surface area contributed by atoms with Gasteiger partial charge in [-0.2, -0.15) is 5.10 Å². The van der Waals surface area contributed by atoms with Crippen molar-refractivity contribution in [2.45, 2.75) is 32.7 Å². The lowest BCUT2D eigenvalue weighted by Crippen LogP contribution is -2.24. The second kappa shape index (κ2) is 7.18. The topological polar surface area (TPSA) is 29.9 Å². The Morgan fingerprint density at radius 1 is 1.33 bits per heavy atom. The van der Waals surface area contributed by atoms with Crippen molar-refractivity contribution in [3.05, 3.63) is 51.5 Å². The predicted molar refractivity (Wildman–Crippen MR) is 86.8 cm³/mol. The highest BCUT2D eigenvalue weighted by Crippen LogP contribution is 2.27. The summed E-state index contributed by atoms with van der Waals surface area (Å²) in [6, 6.07) is 7.00. The summed E-state index contributed by atoms with van der Waals surface area (Å²) in [5, 5.41) is 7.91. The maximum absolute atomic E-state index is 13.6. The molecule has 3 nitrogen and oxygen atoms in total. The summed E-state index contributed by atoms with van der Waals surface area (Å²) in [5.74, 6) is -0.213. The second-order valence-corrected chi connectivity index (χ2v) is 5.94. The van der Waals surface area contributed by atoms with Gasteiger partial charge >= 0.3 is 0 Å². The van der Waals surface area contributed by atoms with Crippen LogP contribution in [-0.2, 0) is 19.9 Å². The van der Waals surface area contributed by atoms with Gasteiger partial charge in [0, 0.05) is 29.7 Å². The molecule has 0 fully saturated rings. The number of aromatic nitrogens is 2. The molecular weight excluding hydrogens is 333 g/mol. The Labute approximate surface area is 133 Å². The number of likely N-dealkylation sites (N-methyl/N-ethyl adjacent to an activating group) is 1. The molecule has 5 heteroatoms. The van der Waals surface area contributed by atoms with E-state index < -0.39 is 0 Å². The zero-order chi connectivity index (χ0) is 15.4. The van der Waals surface area contributed by atoms with E-state index in [4.69, 9.17) is 0 Å². The van der Waals surface area contributed by atoms with E-state index in [1.54, 1.807) is 12.1 Å². The average Bonchev–Trinajstić information content (AvgIpc) is 2.82. The van der Waals surface area contributed by atoms with Gasteiger partial charge in [0.2, 0.25) is 0 Å². The minimum atomic E-state index is -0.213. The summed E-state index contributed by atoms with van der Waals surface area (Å²) in [6.07, 6.45) is 1.70. The first-order valence-electron chi connectivity index (χ1n) is 7.25. The van der Waals surface area contributed by atoms with E-state index >= 15 is 0 Å². The number of nitrogens with one attached hydrogen (secondary N) is 1. The molecule has 114 valence electrons. The molecule has 1 heterocycles. The number of hydrogen-bond acceptors (Lipinski definition) is 2. The van der Waals surface area contributed by atoms with E-state index in [1.807, 2.05) is 11.7 Å². The fraction of sp³-hybridized carbons (Fsp3) is 0.438. The first-order valence-corrected chi connectivity index (χ1v) is 8.04. The van der Waals surface area contributed by atoms with Crippen LogP contribution in [0, 0.1) is 5.82 Å². The third-order valence-corrected chi connectivity index (χ3v) is 4.31. The van der Waals surface area contributed by atoms with Crippen molar-refractivity contribution in [3.63, 3.8) is 0 Å². The molecule has 0 saturated heterocycles. The summed E-state index contributed by atoms with van der Waals surface area (Å²) in [5.41, 5.74) is 3.17. The lowest BCUT2D eigenvalue weighted by atomic mass is 10.0. The summed E-state index contributed by atoms with van der Waals surface area (Å²) < 4.78 is 16.4. The molecule has 0 bridgehead atoms. The van der Waals surface area contributed by atoms with Crippen LogP contribution in [0.2, 0.25) is 0 Å². The van der Waals surface area contributed by atoms with Crippen molar-refractivity contribution in [1.82, 2.24) is 15.1 Å². The van der Waals surface area contributed by atoms with Crippen molar-refractivity contribution < 1.29 is 4.39 Å². The highest BCUT2D eigenvalue weighted by Gasteiger charge is 2.17. The number of nitrogens with zero attached hydrogens (tertiary/aromatic N) is 2. The standard InChI is InChI=1S/C16H21BrFN3/c1-4-12-9-13(21(3)20-12)10-16(19-5-2)14-8-11(18)6-7-15(14)17/h6-9,16,19H,4-5,10H2,1-3H3. The Kier molecular flexibility index (Phi) is 5.53. The Hall–Kier alpha value is -1.20. The molecule has 21 heavy (non-hydrogen) atoms. The molecule has 1 unspecified atom stereocenters. The number of aryl methyl sites for hydroxylation is 2. The van der Waals surface area contributed by atoms with E-state index in [-0.39, 0.29) is 11.9 Å². The Morgan fingerprint density at radius 3 is 2.71 bits per heavy atom. The molecule has 0 aliphatic carbocycles. The normalized spacial score (nSPS) is 12.6. The Morgan fingerprint density at radius 2 is 2.10 bits per heavy atom. The highest BCUT2D eigenvalue weighted by atomic mass is 79.9. The first-order chi connectivity index (χ1) is 10.0. The van der Waals surface area contributed by atoms with Gasteiger partial charge in [-0.1, -0.05) is 29.8 Å². The van der Waals surface area contributed by atoms with Crippen LogP contribution in [0.4, 0.5) is 4.39 Å². The summed E-state index contributed by atoms with van der Waals surface area (Å²) >= 11 is 3.52. The zero-order valence-electron chi connectivity index (χ0n) is 12.7. The lowest BCUT2D eigenvalue weighted by Gasteiger charge is -2.20. The van der Waals surface area contributed by atoms with Crippen LogP contribution in [0.15, 0.2) is 28.7 Å². The van der Waals surface area contributed by atoms with Gasteiger partial charge in [-0.25, -0.2) is 4.39 Å². The summed E-state index contributed by atoms with van der Waals surface area (Å²) in [4.78, 5) is 0. The van der Waals surface area contributed by atoms with Crippen molar-refractivity contribution in [2.75, 3.05) is 6.54 Å². The highest BCUT2D eigenvalue weighted by molar-refractivity contribution is 9.10. The molecule has 1 aromatic heterocycles. The SMILES string of the molecule is CCNC(Cc1cc(CC)nn1C)c1cc(F)ccc1Br. The number of rotatable bonds is 6. The molecule has 1 N–H and O–H groups in total. The smallest absolute Gasteiger partial charge is 0.123 e. The Bertz CT molecular complexity index is 610. The van der Waals surface area contributed by atoms with Gasteiger partial charge in [-0.3, -0.25) is 4.68 Å². The molecule has 0 radical (unpaired) electrons. The minimum absolute atomic E-state index is 0.0557. The van der Waals surface area contributed by atoms with E-state index in [0.717, 1.165) is 40.8 Å². The van der Waals surface area contributed by atoms with Crippen molar-refractivity contribution in [3.8, 4) is 0 Å².